The lowest BCUT2D eigenvalue weighted by Crippen LogP contribution is -2.19. The Bertz CT molecular complexity index is 1950. The molecule has 0 aliphatic heterocycles. The maximum absolute atomic E-state index is 3.84. The van der Waals surface area contributed by atoms with Crippen LogP contribution < -0.4 is 0 Å². The van der Waals surface area contributed by atoms with E-state index in [1.54, 1.807) is 22.3 Å². The van der Waals surface area contributed by atoms with Crippen LogP contribution in [0.15, 0.2) is 156 Å². The molecule has 0 amide bonds. The smallest absolute Gasteiger partial charge is 0.0140 e. The molecule has 0 heterocycles. The van der Waals surface area contributed by atoms with Gasteiger partial charge in [-0.3, -0.25) is 0 Å². The van der Waals surface area contributed by atoms with Crippen LogP contribution in [0.5, 0.6) is 0 Å². The summed E-state index contributed by atoms with van der Waals surface area (Å²) in [5.74, 6) is 0. The number of benzene rings is 4. The summed E-state index contributed by atoms with van der Waals surface area (Å²) in [6.07, 6.45) is 14.4. The molecule has 3 aliphatic carbocycles. The number of aryl methyl sites for hydroxylation is 1. The summed E-state index contributed by atoms with van der Waals surface area (Å²) in [6, 6.07) is 36.9. The van der Waals surface area contributed by atoms with Crippen LogP contribution in [0.2, 0.25) is 0 Å². The quantitative estimate of drug-likeness (QED) is 0.190. The van der Waals surface area contributed by atoms with Crippen molar-refractivity contribution in [3.05, 3.63) is 195 Å². The van der Waals surface area contributed by atoms with E-state index in [2.05, 4.69) is 157 Å². The fraction of sp³-hybridized carbons (Fsp3) is 0.265. The topological polar surface area (TPSA) is 0 Å². The second kappa shape index (κ2) is 16.1. The molecular formula is C49H54. The lowest BCUT2D eigenvalue weighted by Gasteiger charge is -2.26. The maximum atomic E-state index is 3.84. The van der Waals surface area contributed by atoms with Crippen molar-refractivity contribution in [3.63, 3.8) is 0 Å². The molecular weight excluding hydrogens is 589 g/mol. The summed E-state index contributed by atoms with van der Waals surface area (Å²) in [7, 11) is 0. The monoisotopic (exact) mass is 642 g/mol. The van der Waals surface area contributed by atoms with Gasteiger partial charge in [0.1, 0.15) is 0 Å². The lowest BCUT2D eigenvalue weighted by molar-refractivity contribution is 0.552. The molecule has 1 unspecified atom stereocenters. The predicted octanol–water partition coefficient (Wildman–Crippen LogP) is 13.7. The molecule has 0 heteroatoms. The van der Waals surface area contributed by atoms with E-state index >= 15 is 0 Å². The normalized spacial score (nSPS) is 18.8. The van der Waals surface area contributed by atoms with Crippen molar-refractivity contribution in [3.8, 4) is 0 Å². The highest BCUT2D eigenvalue weighted by molar-refractivity contribution is 5.88. The van der Waals surface area contributed by atoms with Gasteiger partial charge in [0, 0.05) is 5.41 Å². The first-order chi connectivity index (χ1) is 23.7. The van der Waals surface area contributed by atoms with Gasteiger partial charge < -0.3 is 0 Å². The zero-order chi connectivity index (χ0) is 35.0. The number of allylic oxidation sites excluding steroid dienone is 11. The van der Waals surface area contributed by atoms with Crippen LogP contribution in [0.1, 0.15) is 99.7 Å². The van der Waals surface area contributed by atoms with Gasteiger partial charge in [-0.2, -0.15) is 0 Å². The second-order valence-corrected chi connectivity index (χ2v) is 14.0. The van der Waals surface area contributed by atoms with Crippen LogP contribution in [0.25, 0.3) is 16.7 Å². The van der Waals surface area contributed by atoms with Crippen molar-refractivity contribution >= 4 is 16.7 Å². The van der Waals surface area contributed by atoms with Gasteiger partial charge in [-0.05, 0) is 134 Å². The van der Waals surface area contributed by atoms with Crippen molar-refractivity contribution in [2.45, 2.75) is 86.0 Å². The Morgan fingerprint density at radius 2 is 1.33 bits per heavy atom. The van der Waals surface area contributed by atoms with Crippen LogP contribution in [-0.4, -0.2) is 0 Å². The molecule has 0 N–H and O–H groups in total. The SMILES string of the molecule is C/C=C\C=C1\Cc2ccccc2C1(C)CC.C=C(C)/C=C(\C)c1ccccc1.CC1=C(c2ccccc2C)CCC2=C1Cc1ccccc12. The molecule has 0 fully saturated rings. The summed E-state index contributed by atoms with van der Waals surface area (Å²) in [5, 5.41) is 0. The van der Waals surface area contributed by atoms with E-state index in [-0.39, 0.29) is 5.41 Å². The highest BCUT2D eigenvalue weighted by Gasteiger charge is 2.36. The molecule has 4 aromatic carbocycles. The number of fused-ring (bicyclic) bond motifs is 3. The Kier molecular flexibility index (Phi) is 11.7. The second-order valence-electron chi connectivity index (χ2n) is 14.0. The Labute approximate surface area is 297 Å². The fourth-order valence-electron chi connectivity index (χ4n) is 7.75. The molecule has 0 bridgehead atoms. The van der Waals surface area contributed by atoms with Gasteiger partial charge in [-0.15, -0.1) is 0 Å². The Balaban J connectivity index is 0.000000150. The molecule has 0 spiro atoms. The van der Waals surface area contributed by atoms with E-state index in [0.29, 0.717) is 0 Å². The lowest BCUT2D eigenvalue weighted by atomic mass is 9.78. The third kappa shape index (κ3) is 7.97. The van der Waals surface area contributed by atoms with Gasteiger partial charge >= 0.3 is 0 Å². The van der Waals surface area contributed by atoms with Gasteiger partial charge in [-0.25, -0.2) is 0 Å². The molecule has 4 aromatic rings. The number of hydrogen-bond acceptors (Lipinski definition) is 0. The van der Waals surface area contributed by atoms with Gasteiger partial charge in [0.25, 0.3) is 0 Å². The van der Waals surface area contributed by atoms with Crippen molar-refractivity contribution in [1.82, 2.24) is 0 Å². The largest absolute Gasteiger partial charge is 0.0961 e. The van der Waals surface area contributed by atoms with E-state index in [1.165, 1.54) is 69.4 Å². The average Bonchev–Trinajstić information content (AvgIpc) is 3.64. The molecule has 7 rings (SSSR count). The van der Waals surface area contributed by atoms with Gasteiger partial charge in [-0.1, -0.05) is 159 Å². The predicted molar refractivity (Wildman–Crippen MR) is 216 cm³/mol. The number of rotatable bonds is 5. The van der Waals surface area contributed by atoms with Crippen molar-refractivity contribution in [1.29, 1.82) is 0 Å². The van der Waals surface area contributed by atoms with Crippen molar-refractivity contribution in [2.24, 2.45) is 0 Å². The Morgan fingerprint density at radius 3 is 2.00 bits per heavy atom. The summed E-state index contributed by atoms with van der Waals surface area (Å²) in [5.41, 5.74) is 20.5. The third-order valence-electron chi connectivity index (χ3n) is 10.7. The fourth-order valence-corrected chi connectivity index (χ4v) is 7.75. The van der Waals surface area contributed by atoms with Crippen molar-refractivity contribution in [2.75, 3.05) is 0 Å². The first-order valence-electron chi connectivity index (χ1n) is 18.0. The Hall–Kier alpha value is -4.68. The van der Waals surface area contributed by atoms with Crippen LogP contribution in [0.4, 0.5) is 0 Å². The van der Waals surface area contributed by atoms with Gasteiger partial charge in [0.15, 0.2) is 0 Å². The first-order valence-corrected chi connectivity index (χ1v) is 18.0. The molecule has 3 aliphatic rings. The third-order valence-corrected chi connectivity index (χ3v) is 10.7. The van der Waals surface area contributed by atoms with Gasteiger partial charge in [0.2, 0.25) is 0 Å². The molecule has 0 aromatic heterocycles. The Morgan fingerprint density at radius 1 is 0.714 bits per heavy atom. The van der Waals surface area contributed by atoms with E-state index in [1.807, 2.05) is 25.1 Å². The zero-order valence-electron chi connectivity index (χ0n) is 30.9. The van der Waals surface area contributed by atoms with Gasteiger partial charge in [0.05, 0.1) is 0 Å². The van der Waals surface area contributed by atoms with E-state index in [9.17, 15) is 0 Å². The average molecular weight is 643 g/mol. The highest BCUT2D eigenvalue weighted by atomic mass is 14.4. The van der Waals surface area contributed by atoms with Crippen LogP contribution in [0.3, 0.4) is 0 Å². The summed E-state index contributed by atoms with van der Waals surface area (Å²) in [4.78, 5) is 0. The summed E-state index contributed by atoms with van der Waals surface area (Å²) < 4.78 is 0. The van der Waals surface area contributed by atoms with E-state index < -0.39 is 0 Å². The van der Waals surface area contributed by atoms with Crippen LogP contribution in [-0.2, 0) is 18.3 Å². The molecule has 0 nitrogen and oxygen atoms in total. The van der Waals surface area contributed by atoms with Crippen LogP contribution in [0, 0.1) is 6.92 Å². The molecule has 0 saturated heterocycles. The molecule has 0 saturated carbocycles. The zero-order valence-corrected chi connectivity index (χ0v) is 30.9. The highest BCUT2D eigenvalue weighted by Crippen LogP contribution is 2.47. The first kappa shape index (κ1) is 35.6. The molecule has 49 heavy (non-hydrogen) atoms. The number of hydrogen-bond donors (Lipinski definition) is 0. The van der Waals surface area contributed by atoms with E-state index in [0.717, 1.165) is 18.4 Å². The molecule has 1 atom stereocenters. The summed E-state index contributed by atoms with van der Waals surface area (Å²) >= 11 is 0. The maximum Gasteiger partial charge on any atom is 0.0140 e. The molecule has 250 valence electrons. The minimum absolute atomic E-state index is 0.246. The minimum atomic E-state index is 0.246. The summed E-state index contributed by atoms with van der Waals surface area (Å²) in [6.45, 7) is 19.2. The van der Waals surface area contributed by atoms with E-state index in [4.69, 9.17) is 0 Å². The minimum Gasteiger partial charge on any atom is -0.0961 e. The standard InChI is InChI=1S/C21H20.C16H20.C12H14/c1-14-7-3-5-9-17(14)18-11-12-20-19-10-6-4-8-16(19)13-21(20)15(18)2;1-4-6-10-14-12-13-9-7-8-11-15(13)16(14,3)5-2;1-10(2)9-11(3)12-7-5-4-6-8-12/h3-10H,11-13H2,1-2H3;4,6-11H,5,12H2,1-3H3;4-9H,1H2,2-3H3/b;6-4-,14-10-;11-9+. The molecule has 0 radical (unpaired) electrons. The van der Waals surface area contributed by atoms with Crippen LogP contribution >= 0.6 is 0 Å². The van der Waals surface area contributed by atoms with Crippen molar-refractivity contribution < 1.29 is 0 Å².